The van der Waals surface area contributed by atoms with Crippen molar-refractivity contribution in [3.63, 3.8) is 0 Å². The Bertz CT molecular complexity index is 869. The third-order valence-corrected chi connectivity index (χ3v) is 6.66. The molecule has 4 rings (SSSR count). The second-order valence-electron chi connectivity index (χ2n) is 10.6. The van der Waals surface area contributed by atoms with Gasteiger partial charge in [-0.25, -0.2) is 0 Å². The molecule has 4 heteroatoms. The van der Waals surface area contributed by atoms with E-state index in [0.717, 1.165) is 34.4 Å². The Morgan fingerprint density at radius 3 is 2.03 bits per heavy atom. The highest BCUT2D eigenvalue weighted by atomic mass is 16.5. The van der Waals surface area contributed by atoms with Gasteiger partial charge in [-0.2, -0.15) is 0 Å². The number of anilines is 1. The number of carbonyl (C=O) groups excluding carboxylic acids is 1. The van der Waals surface area contributed by atoms with Gasteiger partial charge in [0.1, 0.15) is 5.75 Å². The van der Waals surface area contributed by atoms with Gasteiger partial charge in [-0.1, -0.05) is 45.0 Å². The molecule has 0 bridgehead atoms. The summed E-state index contributed by atoms with van der Waals surface area (Å²) < 4.78 is 6.35. The molecule has 1 heterocycles. The molecule has 2 aromatic rings. The SMILES string of the molecule is CC(=O)Nc1ccc(-c2ccc(OC3C[C@@H]4CN(CCC(C)(C)C)C[C@@H]4C3)cc2)cc1. The maximum Gasteiger partial charge on any atom is 0.221 e. The molecule has 1 saturated carbocycles. The summed E-state index contributed by atoms with van der Waals surface area (Å²) in [5.74, 6) is 2.51. The van der Waals surface area contributed by atoms with Crippen molar-refractivity contribution in [3.05, 3.63) is 48.5 Å². The molecule has 1 aliphatic carbocycles. The summed E-state index contributed by atoms with van der Waals surface area (Å²) >= 11 is 0. The number of fused-ring (bicyclic) bond motifs is 1. The van der Waals surface area contributed by atoms with Gasteiger partial charge in [0.25, 0.3) is 0 Å². The fourth-order valence-corrected chi connectivity index (χ4v) is 4.98. The standard InChI is InChI=1S/C27H36N2O2/c1-19(30)28-24-9-5-20(6-10-24)21-7-11-25(12-8-21)31-26-15-22-17-29(18-23(22)16-26)14-13-27(2,3)4/h5-12,22-23,26H,13-18H2,1-4H3,(H,28,30)/t22-,23+,26?. The molecular weight excluding hydrogens is 384 g/mol. The van der Waals surface area contributed by atoms with E-state index in [1.165, 1.54) is 45.8 Å². The summed E-state index contributed by atoms with van der Waals surface area (Å²) in [6.07, 6.45) is 3.99. The van der Waals surface area contributed by atoms with Crippen molar-refractivity contribution in [2.24, 2.45) is 17.3 Å². The molecule has 0 radical (unpaired) electrons. The van der Waals surface area contributed by atoms with E-state index in [2.05, 4.69) is 55.3 Å². The Morgan fingerprint density at radius 2 is 1.52 bits per heavy atom. The molecule has 0 aromatic heterocycles. The smallest absolute Gasteiger partial charge is 0.221 e. The quantitative estimate of drug-likeness (QED) is 0.638. The minimum Gasteiger partial charge on any atom is -0.490 e. The number of nitrogens with zero attached hydrogens (tertiary/aromatic N) is 1. The number of nitrogens with one attached hydrogen (secondary N) is 1. The molecular formula is C27H36N2O2. The van der Waals surface area contributed by atoms with Crippen LogP contribution in [0, 0.1) is 17.3 Å². The van der Waals surface area contributed by atoms with Crippen LogP contribution >= 0.6 is 0 Å². The number of amides is 1. The predicted molar refractivity (Wildman–Crippen MR) is 127 cm³/mol. The summed E-state index contributed by atoms with van der Waals surface area (Å²) in [5, 5.41) is 2.80. The highest BCUT2D eigenvalue weighted by Gasteiger charge is 2.41. The van der Waals surface area contributed by atoms with Gasteiger partial charge in [0, 0.05) is 25.7 Å². The lowest BCUT2D eigenvalue weighted by molar-refractivity contribution is -0.114. The highest BCUT2D eigenvalue weighted by molar-refractivity contribution is 5.89. The van der Waals surface area contributed by atoms with Gasteiger partial charge in [-0.3, -0.25) is 4.79 Å². The van der Waals surface area contributed by atoms with E-state index in [1.54, 1.807) is 0 Å². The molecule has 2 aliphatic rings. The van der Waals surface area contributed by atoms with Crippen LogP contribution in [0.25, 0.3) is 11.1 Å². The fourth-order valence-electron chi connectivity index (χ4n) is 4.98. The topological polar surface area (TPSA) is 41.6 Å². The number of hydrogen-bond donors (Lipinski definition) is 1. The fraction of sp³-hybridized carbons (Fsp3) is 0.519. The normalized spacial score (nSPS) is 23.5. The average Bonchev–Trinajstić information content (AvgIpc) is 3.25. The highest BCUT2D eigenvalue weighted by Crippen LogP contribution is 2.40. The van der Waals surface area contributed by atoms with Crippen molar-refractivity contribution in [1.29, 1.82) is 0 Å². The number of hydrogen-bond acceptors (Lipinski definition) is 3. The summed E-state index contributed by atoms with van der Waals surface area (Å²) in [6.45, 7) is 12.2. The molecule has 1 aliphatic heterocycles. The third kappa shape index (κ3) is 5.88. The molecule has 2 aromatic carbocycles. The molecule has 1 amide bonds. The predicted octanol–water partition coefficient (Wildman–Crippen LogP) is 5.84. The van der Waals surface area contributed by atoms with Gasteiger partial charge in [0.05, 0.1) is 6.10 Å². The molecule has 2 fully saturated rings. The first-order chi connectivity index (χ1) is 14.7. The van der Waals surface area contributed by atoms with Crippen LogP contribution in [0.3, 0.4) is 0 Å². The van der Waals surface area contributed by atoms with Crippen molar-refractivity contribution < 1.29 is 9.53 Å². The lowest BCUT2D eigenvalue weighted by Gasteiger charge is -2.24. The molecule has 1 saturated heterocycles. The first-order valence-electron chi connectivity index (χ1n) is 11.6. The summed E-state index contributed by atoms with van der Waals surface area (Å²) in [4.78, 5) is 13.8. The molecule has 166 valence electrons. The van der Waals surface area contributed by atoms with Crippen LogP contribution in [0.15, 0.2) is 48.5 Å². The van der Waals surface area contributed by atoms with E-state index < -0.39 is 0 Å². The molecule has 0 spiro atoms. The molecule has 1 unspecified atom stereocenters. The van der Waals surface area contributed by atoms with Crippen molar-refractivity contribution in [2.75, 3.05) is 25.0 Å². The number of rotatable bonds is 6. The second kappa shape index (κ2) is 9.04. The van der Waals surface area contributed by atoms with Crippen LogP contribution in [-0.4, -0.2) is 36.5 Å². The third-order valence-electron chi connectivity index (χ3n) is 6.66. The van der Waals surface area contributed by atoms with Crippen LogP contribution < -0.4 is 10.1 Å². The van der Waals surface area contributed by atoms with Crippen molar-refractivity contribution in [3.8, 4) is 16.9 Å². The van der Waals surface area contributed by atoms with E-state index in [0.29, 0.717) is 11.5 Å². The number of likely N-dealkylation sites (tertiary alicyclic amines) is 1. The van der Waals surface area contributed by atoms with Gasteiger partial charge < -0.3 is 15.0 Å². The van der Waals surface area contributed by atoms with Crippen LogP contribution in [-0.2, 0) is 4.79 Å². The van der Waals surface area contributed by atoms with E-state index >= 15 is 0 Å². The summed E-state index contributed by atoms with van der Waals surface area (Å²) in [5.41, 5.74) is 3.52. The Kier molecular flexibility index (Phi) is 6.38. The van der Waals surface area contributed by atoms with Gasteiger partial charge in [0.2, 0.25) is 5.91 Å². The lowest BCUT2D eigenvalue weighted by Crippen LogP contribution is -2.27. The number of carbonyl (C=O) groups is 1. The average molecular weight is 421 g/mol. The molecule has 4 nitrogen and oxygen atoms in total. The van der Waals surface area contributed by atoms with Gasteiger partial charge >= 0.3 is 0 Å². The zero-order chi connectivity index (χ0) is 22.0. The number of benzene rings is 2. The minimum atomic E-state index is -0.0529. The Morgan fingerprint density at radius 1 is 0.968 bits per heavy atom. The maximum atomic E-state index is 11.2. The first kappa shape index (κ1) is 21.9. The first-order valence-corrected chi connectivity index (χ1v) is 11.6. The van der Waals surface area contributed by atoms with Crippen LogP contribution in [0.1, 0.15) is 47.0 Å². The minimum absolute atomic E-state index is 0.0529. The Balaban J connectivity index is 1.27. The summed E-state index contributed by atoms with van der Waals surface area (Å²) in [7, 11) is 0. The van der Waals surface area contributed by atoms with E-state index in [1.807, 2.05) is 24.3 Å². The number of ether oxygens (including phenoxy) is 1. The monoisotopic (exact) mass is 420 g/mol. The van der Waals surface area contributed by atoms with Gasteiger partial charge in [0.15, 0.2) is 0 Å². The van der Waals surface area contributed by atoms with Crippen LogP contribution in [0.4, 0.5) is 5.69 Å². The molecule has 1 N–H and O–H groups in total. The maximum absolute atomic E-state index is 11.2. The van der Waals surface area contributed by atoms with Gasteiger partial charge in [-0.15, -0.1) is 0 Å². The molecule has 31 heavy (non-hydrogen) atoms. The van der Waals surface area contributed by atoms with E-state index in [9.17, 15) is 4.79 Å². The largest absolute Gasteiger partial charge is 0.490 e. The Hall–Kier alpha value is -2.33. The molecule has 3 atom stereocenters. The van der Waals surface area contributed by atoms with Crippen molar-refractivity contribution >= 4 is 11.6 Å². The van der Waals surface area contributed by atoms with Gasteiger partial charge in [-0.05, 0) is 78.5 Å². The lowest BCUT2D eigenvalue weighted by atomic mass is 9.92. The van der Waals surface area contributed by atoms with Crippen molar-refractivity contribution in [1.82, 2.24) is 4.90 Å². The zero-order valence-corrected chi connectivity index (χ0v) is 19.4. The Labute approximate surface area is 187 Å². The van der Waals surface area contributed by atoms with Crippen LogP contribution in [0.5, 0.6) is 5.75 Å². The summed E-state index contributed by atoms with van der Waals surface area (Å²) in [6, 6.07) is 16.3. The van der Waals surface area contributed by atoms with Crippen molar-refractivity contribution in [2.45, 2.75) is 53.1 Å². The van der Waals surface area contributed by atoms with E-state index in [4.69, 9.17) is 4.74 Å². The van der Waals surface area contributed by atoms with E-state index in [-0.39, 0.29) is 5.91 Å². The zero-order valence-electron chi connectivity index (χ0n) is 19.4. The van der Waals surface area contributed by atoms with Crippen LogP contribution in [0.2, 0.25) is 0 Å². The second-order valence-corrected chi connectivity index (χ2v) is 10.6.